The number of rotatable bonds is 4. The van der Waals surface area contributed by atoms with E-state index in [0.717, 1.165) is 0 Å². The van der Waals surface area contributed by atoms with Gasteiger partial charge in [0, 0.05) is 17.2 Å². The van der Waals surface area contributed by atoms with Crippen LogP contribution >= 0.6 is 11.8 Å². The zero-order chi connectivity index (χ0) is 10.6. The summed E-state index contributed by atoms with van der Waals surface area (Å²) in [5.74, 6) is 0.667. The first kappa shape index (κ1) is 11.6. The maximum Gasteiger partial charge on any atom is 0.0756 e. The van der Waals surface area contributed by atoms with E-state index in [9.17, 15) is 5.11 Å². The molecule has 0 aliphatic rings. The van der Waals surface area contributed by atoms with Crippen LogP contribution < -0.4 is 5.73 Å². The zero-order valence-electron chi connectivity index (χ0n) is 8.66. The number of hydrogen-bond donors (Lipinski definition) is 2. The maximum atomic E-state index is 9.32. The van der Waals surface area contributed by atoms with Crippen molar-refractivity contribution in [2.45, 2.75) is 24.8 Å². The molecule has 0 unspecified atom stereocenters. The Hall–Kier alpha value is -0.510. The van der Waals surface area contributed by atoms with E-state index in [1.54, 1.807) is 11.8 Å². The summed E-state index contributed by atoms with van der Waals surface area (Å²) in [6, 6.07) is 6.33. The van der Waals surface area contributed by atoms with Crippen molar-refractivity contribution in [3.63, 3.8) is 0 Å². The summed E-state index contributed by atoms with van der Waals surface area (Å²) >= 11 is 1.66. The molecule has 3 N–H and O–H groups in total. The fourth-order valence-electron chi connectivity index (χ4n) is 1.22. The van der Waals surface area contributed by atoms with E-state index in [4.69, 9.17) is 5.73 Å². The lowest BCUT2D eigenvalue weighted by atomic mass is 10.2. The van der Waals surface area contributed by atoms with Gasteiger partial charge in [-0.1, -0.05) is 17.7 Å². The molecule has 0 radical (unpaired) electrons. The van der Waals surface area contributed by atoms with Crippen molar-refractivity contribution in [1.29, 1.82) is 0 Å². The van der Waals surface area contributed by atoms with Crippen LogP contribution in [-0.2, 0) is 0 Å². The first-order valence-corrected chi connectivity index (χ1v) is 5.70. The van der Waals surface area contributed by atoms with Crippen LogP contribution in [0.25, 0.3) is 0 Å². The minimum absolute atomic E-state index is 0.331. The predicted molar refractivity (Wildman–Crippen MR) is 61.7 cm³/mol. The van der Waals surface area contributed by atoms with E-state index in [0.29, 0.717) is 12.3 Å². The second kappa shape index (κ2) is 5.39. The van der Waals surface area contributed by atoms with Crippen molar-refractivity contribution in [2.24, 2.45) is 5.73 Å². The van der Waals surface area contributed by atoms with Crippen molar-refractivity contribution >= 4 is 11.8 Å². The summed E-state index contributed by atoms with van der Waals surface area (Å²) in [5, 5.41) is 9.32. The number of benzene rings is 1. The summed E-state index contributed by atoms with van der Waals surface area (Å²) in [4.78, 5) is 1.23. The highest BCUT2D eigenvalue weighted by atomic mass is 32.2. The highest BCUT2D eigenvalue weighted by molar-refractivity contribution is 7.99. The average molecular weight is 211 g/mol. The summed E-state index contributed by atoms with van der Waals surface area (Å²) < 4.78 is 0. The number of thioether (sulfide) groups is 1. The third kappa shape index (κ3) is 3.33. The van der Waals surface area contributed by atoms with Gasteiger partial charge in [-0.2, -0.15) is 0 Å². The zero-order valence-corrected chi connectivity index (χ0v) is 9.47. The molecule has 1 aromatic rings. The monoisotopic (exact) mass is 211 g/mol. The molecule has 1 aromatic carbocycles. The van der Waals surface area contributed by atoms with E-state index in [2.05, 4.69) is 32.0 Å². The van der Waals surface area contributed by atoms with Crippen molar-refractivity contribution in [1.82, 2.24) is 0 Å². The summed E-state index contributed by atoms with van der Waals surface area (Å²) in [7, 11) is 0. The third-order valence-electron chi connectivity index (χ3n) is 2.03. The quantitative estimate of drug-likeness (QED) is 0.745. The molecule has 0 spiro atoms. The highest BCUT2D eigenvalue weighted by Crippen LogP contribution is 2.23. The molecular weight excluding hydrogens is 194 g/mol. The van der Waals surface area contributed by atoms with Gasteiger partial charge < -0.3 is 10.8 Å². The van der Waals surface area contributed by atoms with Crippen LogP contribution in [-0.4, -0.2) is 23.5 Å². The molecule has 0 bridgehead atoms. The van der Waals surface area contributed by atoms with E-state index in [-0.39, 0.29) is 0 Å². The molecule has 0 aromatic heterocycles. The van der Waals surface area contributed by atoms with Crippen LogP contribution in [0.4, 0.5) is 0 Å². The first-order chi connectivity index (χ1) is 6.63. The van der Waals surface area contributed by atoms with Crippen molar-refractivity contribution in [3.05, 3.63) is 29.3 Å². The second-order valence-corrected chi connectivity index (χ2v) is 4.53. The molecule has 0 fully saturated rings. The number of aryl methyl sites for hydroxylation is 2. The number of hydrogen-bond acceptors (Lipinski definition) is 3. The SMILES string of the molecule is Cc1ccc(SC[C@H](O)CN)c(C)c1. The second-order valence-electron chi connectivity index (χ2n) is 3.47. The molecule has 14 heavy (non-hydrogen) atoms. The fraction of sp³-hybridized carbons (Fsp3) is 0.455. The van der Waals surface area contributed by atoms with Crippen LogP contribution in [0.5, 0.6) is 0 Å². The number of aliphatic hydroxyl groups excluding tert-OH is 1. The van der Waals surface area contributed by atoms with E-state index in [1.165, 1.54) is 16.0 Å². The molecule has 3 heteroatoms. The van der Waals surface area contributed by atoms with E-state index in [1.807, 2.05) is 0 Å². The number of aliphatic hydroxyl groups is 1. The van der Waals surface area contributed by atoms with Crippen LogP contribution in [0, 0.1) is 13.8 Å². The molecule has 0 saturated heterocycles. The van der Waals surface area contributed by atoms with Gasteiger partial charge in [0.05, 0.1) is 6.10 Å². The van der Waals surface area contributed by atoms with Crippen LogP contribution in [0.15, 0.2) is 23.1 Å². The van der Waals surface area contributed by atoms with Gasteiger partial charge in [0.2, 0.25) is 0 Å². The Morgan fingerprint density at radius 2 is 2.14 bits per heavy atom. The van der Waals surface area contributed by atoms with Crippen LogP contribution in [0.3, 0.4) is 0 Å². The Balaban J connectivity index is 2.59. The van der Waals surface area contributed by atoms with Crippen molar-refractivity contribution < 1.29 is 5.11 Å². The van der Waals surface area contributed by atoms with Gasteiger partial charge in [-0.15, -0.1) is 11.8 Å². The van der Waals surface area contributed by atoms with Gasteiger partial charge in [-0.3, -0.25) is 0 Å². The van der Waals surface area contributed by atoms with Gasteiger partial charge in [-0.25, -0.2) is 0 Å². The molecule has 78 valence electrons. The van der Waals surface area contributed by atoms with Gasteiger partial charge in [0.15, 0.2) is 0 Å². The Morgan fingerprint density at radius 1 is 1.43 bits per heavy atom. The van der Waals surface area contributed by atoms with Gasteiger partial charge in [-0.05, 0) is 25.5 Å². The Bertz CT molecular complexity index is 301. The standard InChI is InChI=1S/C11H17NOS/c1-8-3-4-11(9(2)5-8)14-7-10(13)6-12/h3-5,10,13H,6-7,12H2,1-2H3/t10-/m1/s1. The third-order valence-corrected chi connectivity index (χ3v) is 3.35. The Kier molecular flexibility index (Phi) is 4.45. The smallest absolute Gasteiger partial charge is 0.0756 e. The molecule has 1 rings (SSSR count). The minimum atomic E-state index is -0.402. The largest absolute Gasteiger partial charge is 0.391 e. The summed E-state index contributed by atoms with van der Waals surface area (Å²) in [6.45, 7) is 4.50. The predicted octanol–water partition coefficient (Wildman–Crippen LogP) is 1.72. The Morgan fingerprint density at radius 3 is 2.71 bits per heavy atom. The first-order valence-electron chi connectivity index (χ1n) is 4.71. The van der Waals surface area contributed by atoms with Gasteiger partial charge in [0.1, 0.15) is 0 Å². The average Bonchev–Trinajstić information content (AvgIpc) is 2.16. The molecule has 1 atom stereocenters. The molecule has 0 aliphatic heterocycles. The Labute approximate surface area is 89.5 Å². The lowest BCUT2D eigenvalue weighted by Crippen LogP contribution is -2.21. The van der Waals surface area contributed by atoms with Crippen molar-refractivity contribution in [2.75, 3.05) is 12.3 Å². The van der Waals surface area contributed by atoms with E-state index < -0.39 is 6.10 Å². The number of nitrogens with two attached hydrogens (primary N) is 1. The lowest BCUT2D eigenvalue weighted by Gasteiger charge is -2.09. The molecule has 0 saturated carbocycles. The normalized spacial score (nSPS) is 12.9. The fourth-order valence-corrected chi connectivity index (χ4v) is 2.17. The highest BCUT2D eigenvalue weighted by Gasteiger charge is 2.04. The lowest BCUT2D eigenvalue weighted by molar-refractivity contribution is 0.208. The van der Waals surface area contributed by atoms with Gasteiger partial charge >= 0.3 is 0 Å². The molecule has 0 aliphatic carbocycles. The molecule has 0 heterocycles. The maximum absolute atomic E-state index is 9.32. The van der Waals surface area contributed by atoms with E-state index >= 15 is 0 Å². The van der Waals surface area contributed by atoms with Crippen molar-refractivity contribution in [3.8, 4) is 0 Å². The molecule has 2 nitrogen and oxygen atoms in total. The molecular formula is C11H17NOS. The summed E-state index contributed by atoms with van der Waals surface area (Å²) in [5.41, 5.74) is 7.87. The topological polar surface area (TPSA) is 46.2 Å². The van der Waals surface area contributed by atoms with Gasteiger partial charge in [0.25, 0.3) is 0 Å². The van der Waals surface area contributed by atoms with Crippen LogP contribution in [0.1, 0.15) is 11.1 Å². The minimum Gasteiger partial charge on any atom is -0.391 e. The van der Waals surface area contributed by atoms with Crippen LogP contribution in [0.2, 0.25) is 0 Å². The summed E-state index contributed by atoms with van der Waals surface area (Å²) in [6.07, 6.45) is -0.402. The molecule has 0 amide bonds.